The predicted octanol–water partition coefficient (Wildman–Crippen LogP) is 4.49. The summed E-state index contributed by atoms with van der Waals surface area (Å²) < 4.78 is 14.6. The molecule has 4 nitrogen and oxygen atoms in total. The first kappa shape index (κ1) is 17.4. The number of hydrogen-bond donors (Lipinski definition) is 2. The molecule has 0 aliphatic heterocycles. The first-order chi connectivity index (χ1) is 12.2. The number of H-pyrrole nitrogens is 1. The maximum absolute atomic E-state index is 14.6. The molecule has 2 aromatic carbocycles. The molecule has 6 heteroatoms. The van der Waals surface area contributed by atoms with Crippen molar-refractivity contribution >= 4 is 28.1 Å². The highest BCUT2D eigenvalue weighted by Gasteiger charge is 2.13. The van der Waals surface area contributed by atoms with Crippen molar-refractivity contribution in [2.24, 2.45) is 4.99 Å². The van der Waals surface area contributed by atoms with E-state index in [-0.39, 0.29) is 10.5 Å². The molecular formula is C20H16F2N4. The Morgan fingerprint density at radius 2 is 1.92 bits per heavy atom. The molecule has 26 heavy (non-hydrogen) atoms. The molecule has 4 rings (SSSR count). The molecule has 2 aromatic heterocycles. The Hall–Kier alpha value is -3.41. The third-order valence-corrected chi connectivity index (χ3v) is 4.20. The second-order valence-corrected chi connectivity index (χ2v) is 5.83. The van der Waals surface area contributed by atoms with Crippen LogP contribution in [0, 0.1) is 18.2 Å². The number of fused-ring (bicyclic) bond motifs is 2. The topological polar surface area (TPSA) is 64.9 Å². The van der Waals surface area contributed by atoms with Crippen LogP contribution >= 0.6 is 0 Å². The highest BCUT2D eigenvalue weighted by Crippen LogP contribution is 2.29. The molecule has 130 valence electrons. The van der Waals surface area contributed by atoms with Gasteiger partial charge >= 0.3 is 0 Å². The van der Waals surface area contributed by atoms with Crippen LogP contribution in [0.4, 0.5) is 9.09 Å². The molecule has 0 amide bonds. The van der Waals surface area contributed by atoms with Crippen molar-refractivity contribution in [3.05, 3.63) is 71.5 Å². The summed E-state index contributed by atoms with van der Waals surface area (Å²) in [6.45, 7) is 1.92. The average molecular weight is 350 g/mol. The third-order valence-electron chi connectivity index (χ3n) is 4.20. The number of rotatable bonds is 2. The molecule has 0 aliphatic rings. The molecule has 0 saturated carbocycles. The summed E-state index contributed by atoms with van der Waals surface area (Å²) in [4.78, 5) is 12.2. The van der Waals surface area contributed by atoms with Crippen molar-refractivity contribution in [3.8, 4) is 11.3 Å². The van der Waals surface area contributed by atoms with Crippen LogP contribution < -0.4 is 5.36 Å². The summed E-state index contributed by atoms with van der Waals surface area (Å²) in [5.74, 6) is -0.318. The second-order valence-electron chi connectivity index (χ2n) is 5.83. The summed E-state index contributed by atoms with van der Waals surface area (Å²) in [5, 5.41) is 9.59. The first-order valence-electron chi connectivity index (χ1n) is 7.88. The molecule has 0 unspecified atom stereocenters. The summed E-state index contributed by atoms with van der Waals surface area (Å²) in [6, 6.07) is 14.4. The van der Waals surface area contributed by atoms with E-state index in [1.54, 1.807) is 18.3 Å². The zero-order valence-electron chi connectivity index (χ0n) is 14.0. The standard InChI is InChI=1S/C20H15FN4.FH/c1-12-6-7-16(21)15(10-12)18-14-8-9-23-20(14)19(24-11-22)13-4-2-3-5-17(13)25-18;/h2-11,22-23H,1H3;1H. The van der Waals surface area contributed by atoms with Gasteiger partial charge in [-0.3, -0.25) is 10.1 Å². The van der Waals surface area contributed by atoms with Gasteiger partial charge in [0.25, 0.3) is 0 Å². The minimum atomic E-state index is -0.318. The van der Waals surface area contributed by atoms with E-state index in [2.05, 4.69) is 9.98 Å². The van der Waals surface area contributed by atoms with Gasteiger partial charge < -0.3 is 4.98 Å². The van der Waals surface area contributed by atoms with Crippen LogP contribution in [-0.2, 0) is 0 Å². The minimum absolute atomic E-state index is 0. The number of halogens is 2. The van der Waals surface area contributed by atoms with E-state index in [1.807, 2.05) is 37.3 Å². The van der Waals surface area contributed by atoms with Crippen molar-refractivity contribution in [1.29, 1.82) is 5.41 Å². The Kier molecular flexibility index (Phi) is 4.58. The monoisotopic (exact) mass is 350 g/mol. The molecule has 0 radical (unpaired) electrons. The van der Waals surface area contributed by atoms with Gasteiger partial charge in [0.1, 0.15) is 12.2 Å². The highest BCUT2D eigenvalue weighted by molar-refractivity contribution is 5.98. The number of aromatic amines is 1. The van der Waals surface area contributed by atoms with Crippen LogP contribution in [0.25, 0.3) is 33.1 Å². The van der Waals surface area contributed by atoms with Gasteiger partial charge in [-0.1, -0.05) is 29.8 Å². The Morgan fingerprint density at radius 3 is 2.73 bits per heavy atom. The SMILES string of the molecule is Cc1ccc(F)c(-c2nc3ccccc3c(=NC=N)c3[nH]ccc23)c1.F. The molecule has 4 aromatic rings. The third kappa shape index (κ3) is 2.75. The fraction of sp³-hybridized carbons (Fsp3) is 0.0500. The number of nitrogens with zero attached hydrogens (tertiary/aromatic N) is 2. The zero-order valence-corrected chi connectivity index (χ0v) is 14.0. The maximum Gasteiger partial charge on any atom is 0.132 e. The van der Waals surface area contributed by atoms with E-state index >= 15 is 0 Å². The van der Waals surface area contributed by atoms with E-state index in [0.29, 0.717) is 22.1 Å². The molecule has 0 spiro atoms. The highest BCUT2D eigenvalue weighted by atomic mass is 19.1. The van der Waals surface area contributed by atoms with Crippen LogP contribution in [0.5, 0.6) is 0 Å². The van der Waals surface area contributed by atoms with Gasteiger partial charge in [0.05, 0.1) is 22.1 Å². The maximum atomic E-state index is 14.6. The quantitative estimate of drug-likeness (QED) is 0.406. The number of nitrogens with one attached hydrogen (secondary N) is 2. The molecular weight excluding hydrogens is 334 g/mol. The van der Waals surface area contributed by atoms with Crippen LogP contribution in [0.1, 0.15) is 5.56 Å². The fourth-order valence-electron chi connectivity index (χ4n) is 3.07. The van der Waals surface area contributed by atoms with Crippen LogP contribution in [-0.4, -0.2) is 16.3 Å². The van der Waals surface area contributed by atoms with Gasteiger partial charge in [-0.25, -0.2) is 14.4 Å². The van der Waals surface area contributed by atoms with E-state index in [4.69, 9.17) is 10.4 Å². The minimum Gasteiger partial charge on any atom is -0.359 e. The lowest BCUT2D eigenvalue weighted by Gasteiger charge is -2.04. The summed E-state index contributed by atoms with van der Waals surface area (Å²) in [7, 11) is 0. The predicted molar refractivity (Wildman–Crippen MR) is 101 cm³/mol. The van der Waals surface area contributed by atoms with Gasteiger partial charge in [0.15, 0.2) is 0 Å². The van der Waals surface area contributed by atoms with Gasteiger partial charge in [-0.15, -0.1) is 0 Å². The Bertz CT molecular complexity index is 1200. The molecule has 0 saturated heterocycles. The van der Waals surface area contributed by atoms with Crippen molar-refractivity contribution < 1.29 is 9.09 Å². The smallest absolute Gasteiger partial charge is 0.132 e. The van der Waals surface area contributed by atoms with Crippen molar-refractivity contribution in [2.45, 2.75) is 6.92 Å². The zero-order chi connectivity index (χ0) is 17.4. The second kappa shape index (κ2) is 6.84. The number of aromatic nitrogens is 2. The lowest BCUT2D eigenvalue weighted by Crippen LogP contribution is -2.02. The average Bonchev–Trinajstić information content (AvgIpc) is 3.05. The first-order valence-corrected chi connectivity index (χ1v) is 7.88. The summed E-state index contributed by atoms with van der Waals surface area (Å²) >= 11 is 0. The van der Waals surface area contributed by atoms with Crippen LogP contribution in [0.15, 0.2) is 59.7 Å². The van der Waals surface area contributed by atoms with Crippen LogP contribution in [0.2, 0.25) is 0 Å². The van der Waals surface area contributed by atoms with Gasteiger partial charge in [0, 0.05) is 22.5 Å². The molecule has 0 aliphatic carbocycles. The number of aryl methyl sites for hydroxylation is 1. The van der Waals surface area contributed by atoms with Gasteiger partial charge in [0.2, 0.25) is 0 Å². The van der Waals surface area contributed by atoms with Crippen molar-refractivity contribution in [1.82, 2.24) is 9.97 Å². The fourth-order valence-corrected chi connectivity index (χ4v) is 3.07. The normalized spacial score (nSPS) is 11.5. The lowest BCUT2D eigenvalue weighted by molar-refractivity contribution is 0.630. The Balaban J connectivity index is 0.00000196. The van der Waals surface area contributed by atoms with Gasteiger partial charge in [-0.2, -0.15) is 0 Å². The van der Waals surface area contributed by atoms with Crippen molar-refractivity contribution in [2.75, 3.05) is 0 Å². The summed E-state index contributed by atoms with van der Waals surface area (Å²) in [6.07, 6.45) is 2.79. The number of hydrogen-bond acceptors (Lipinski definition) is 2. The lowest BCUT2D eigenvalue weighted by atomic mass is 10.1. The van der Waals surface area contributed by atoms with E-state index in [9.17, 15) is 4.39 Å². The van der Waals surface area contributed by atoms with Crippen LogP contribution in [0.3, 0.4) is 0 Å². The molecule has 0 atom stereocenters. The van der Waals surface area contributed by atoms with Gasteiger partial charge in [-0.05, 0) is 31.2 Å². The number of para-hydroxylation sites is 1. The van der Waals surface area contributed by atoms with E-state index < -0.39 is 0 Å². The van der Waals surface area contributed by atoms with Crippen molar-refractivity contribution in [3.63, 3.8) is 0 Å². The molecule has 0 fully saturated rings. The van der Waals surface area contributed by atoms with E-state index in [0.717, 1.165) is 28.2 Å². The molecule has 0 bridgehead atoms. The van der Waals surface area contributed by atoms with E-state index in [1.165, 1.54) is 6.07 Å². The Labute approximate surface area is 147 Å². The summed E-state index contributed by atoms with van der Waals surface area (Å²) in [5.41, 5.74) is 3.39. The largest absolute Gasteiger partial charge is 0.359 e. The Morgan fingerprint density at radius 1 is 1.12 bits per heavy atom. The molecule has 2 N–H and O–H groups in total. The number of benzene rings is 2. The molecule has 2 heterocycles.